The molecule has 0 aliphatic heterocycles. The molecule has 0 spiro atoms. The van der Waals surface area contributed by atoms with E-state index in [2.05, 4.69) is 0 Å². The molecular weight excluding hydrogens is 364 g/mol. The fourth-order valence-electron chi connectivity index (χ4n) is 3.66. The van der Waals surface area contributed by atoms with Crippen LogP contribution in [0.1, 0.15) is 57.6 Å². The Hall–Kier alpha value is -2.69. The summed E-state index contributed by atoms with van der Waals surface area (Å²) in [5, 5.41) is 0. The highest BCUT2D eigenvalue weighted by Crippen LogP contribution is 2.30. The molecule has 1 aliphatic rings. The number of nitrogen functional groups attached to an aromatic ring is 1. The first-order valence-corrected chi connectivity index (χ1v) is 10.4. The number of hydrogen-bond donors (Lipinski definition) is 1. The van der Waals surface area contributed by atoms with Crippen molar-refractivity contribution in [2.24, 2.45) is 0 Å². The summed E-state index contributed by atoms with van der Waals surface area (Å²) >= 11 is 0. The van der Waals surface area contributed by atoms with Crippen LogP contribution >= 0.6 is 0 Å². The number of nitrogens with two attached hydrogens (primary N) is 1. The molecular formula is C24H32N2O3. The quantitative estimate of drug-likeness (QED) is 0.652. The average molecular weight is 397 g/mol. The van der Waals surface area contributed by atoms with Crippen LogP contribution in [0.5, 0.6) is 5.75 Å². The van der Waals surface area contributed by atoms with Gasteiger partial charge in [0.1, 0.15) is 18.0 Å². The topological polar surface area (TPSA) is 64.8 Å². The van der Waals surface area contributed by atoms with Crippen LogP contribution in [0.25, 0.3) is 0 Å². The number of amides is 1. The first-order chi connectivity index (χ1) is 13.8. The number of carbonyl (C=O) groups excluding carboxylic acids is 1. The highest BCUT2D eigenvalue weighted by atomic mass is 16.6. The van der Waals surface area contributed by atoms with E-state index in [1.165, 1.54) is 0 Å². The molecule has 1 aliphatic carbocycles. The maximum absolute atomic E-state index is 13.0. The van der Waals surface area contributed by atoms with Crippen molar-refractivity contribution in [3.63, 3.8) is 0 Å². The van der Waals surface area contributed by atoms with Gasteiger partial charge in [0.05, 0.1) is 6.54 Å². The van der Waals surface area contributed by atoms with Gasteiger partial charge in [-0.1, -0.05) is 43.2 Å². The second-order valence-electron chi connectivity index (χ2n) is 8.69. The molecule has 2 aromatic carbocycles. The molecule has 2 N–H and O–H groups in total. The number of hydrogen-bond acceptors (Lipinski definition) is 4. The van der Waals surface area contributed by atoms with Crippen molar-refractivity contribution >= 4 is 11.8 Å². The molecule has 0 saturated heterocycles. The number of benzene rings is 2. The maximum Gasteiger partial charge on any atom is 0.410 e. The van der Waals surface area contributed by atoms with Gasteiger partial charge in [-0.2, -0.15) is 0 Å². The van der Waals surface area contributed by atoms with Crippen molar-refractivity contribution in [1.29, 1.82) is 0 Å². The predicted molar refractivity (Wildman–Crippen MR) is 116 cm³/mol. The van der Waals surface area contributed by atoms with Crippen LogP contribution in [-0.2, 0) is 17.9 Å². The van der Waals surface area contributed by atoms with Crippen LogP contribution in [0.15, 0.2) is 48.5 Å². The summed E-state index contributed by atoms with van der Waals surface area (Å²) in [6.45, 7) is 6.58. The molecule has 0 radical (unpaired) electrons. The minimum atomic E-state index is -0.531. The number of nitrogens with zero attached hydrogens (tertiary/aromatic N) is 1. The van der Waals surface area contributed by atoms with E-state index in [-0.39, 0.29) is 12.1 Å². The zero-order valence-corrected chi connectivity index (χ0v) is 17.7. The Balaban J connectivity index is 1.80. The molecule has 0 aromatic heterocycles. The average Bonchev–Trinajstić information content (AvgIpc) is 3.19. The van der Waals surface area contributed by atoms with Crippen LogP contribution in [0.4, 0.5) is 10.5 Å². The lowest BCUT2D eigenvalue weighted by molar-refractivity contribution is 0.0143. The standard InChI is InChI=1S/C24H32N2O3/c1-24(2,3)29-23(27)26(21-11-7-8-12-21)16-19-15-20(25)13-14-22(19)28-17-18-9-5-4-6-10-18/h4-6,9-10,13-15,21H,7-8,11-12,16-17,25H2,1-3H3. The summed E-state index contributed by atoms with van der Waals surface area (Å²) in [5.74, 6) is 0.745. The van der Waals surface area contributed by atoms with E-state index < -0.39 is 5.60 Å². The maximum atomic E-state index is 13.0. The molecule has 2 aromatic rings. The third kappa shape index (κ3) is 6.14. The first kappa shape index (κ1) is 21.0. The normalized spacial score (nSPS) is 14.6. The fraction of sp³-hybridized carbons (Fsp3) is 0.458. The summed E-state index contributed by atoms with van der Waals surface area (Å²) in [7, 11) is 0. The van der Waals surface area contributed by atoms with Crippen LogP contribution in [-0.4, -0.2) is 22.6 Å². The van der Waals surface area contributed by atoms with Crippen molar-refractivity contribution in [3.05, 3.63) is 59.7 Å². The van der Waals surface area contributed by atoms with Gasteiger partial charge >= 0.3 is 6.09 Å². The second kappa shape index (κ2) is 9.21. The summed E-state index contributed by atoms with van der Waals surface area (Å²) in [6.07, 6.45) is 4.00. The van der Waals surface area contributed by atoms with Gasteiger partial charge in [0, 0.05) is 17.3 Å². The Kier molecular flexibility index (Phi) is 6.68. The Labute approximate surface area is 173 Å². The van der Waals surface area contributed by atoms with E-state index in [9.17, 15) is 4.79 Å². The van der Waals surface area contributed by atoms with Gasteiger partial charge in [0.15, 0.2) is 0 Å². The van der Waals surface area contributed by atoms with Crippen molar-refractivity contribution < 1.29 is 14.3 Å². The van der Waals surface area contributed by atoms with Crippen LogP contribution in [0, 0.1) is 0 Å². The number of ether oxygens (including phenoxy) is 2. The minimum absolute atomic E-state index is 0.188. The lowest BCUT2D eigenvalue weighted by Gasteiger charge is -2.32. The number of anilines is 1. The Morgan fingerprint density at radius 2 is 1.79 bits per heavy atom. The largest absolute Gasteiger partial charge is 0.489 e. The highest BCUT2D eigenvalue weighted by molar-refractivity contribution is 5.69. The van der Waals surface area contributed by atoms with E-state index in [0.29, 0.717) is 18.8 Å². The highest BCUT2D eigenvalue weighted by Gasteiger charge is 2.31. The van der Waals surface area contributed by atoms with Gasteiger partial charge in [-0.05, 0) is 57.4 Å². The second-order valence-corrected chi connectivity index (χ2v) is 8.69. The molecule has 5 nitrogen and oxygen atoms in total. The first-order valence-electron chi connectivity index (χ1n) is 10.4. The van der Waals surface area contributed by atoms with Crippen LogP contribution < -0.4 is 10.5 Å². The van der Waals surface area contributed by atoms with E-state index in [4.69, 9.17) is 15.2 Å². The van der Waals surface area contributed by atoms with Gasteiger partial charge in [-0.3, -0.25) is 0 Å². The summed E-state index contributed by atoms with van der Waals surface area (Å²) in [5.41, 5.74) is 8.17. The van der Waals surface area contributed by atoms with E-state index >= 15 is 0 Å². The molecule has 1 saturated carbocycles. The van der Waals surface area contributed by atoms with Crippen LogP contribution in [0.3, 0.4) is 0 Å². The predicted octanol–water partition coefficient (Wildman–Crippen LogP) is 5.53. The molecule has 0 atom stereocenters. The molecule has 1 fully saturated rings. The van der Waals surface area contributed by atoms with Gasteiger partial charge in [-0.25, -0.2) is 4.79 Å². The van der Waals surface area contributed by atoms with E-state index in [1.807, 2.05) is 74.2 Å². The zero-order valence-electron chi connectivity index (χ0n) is 17.7. The third-order valence-electron chi connectivity index (χ3n) is 5.06. The molecule has 1 amide bonds. The molecule has 3 rings (SSSR count). The van der Waals surface area contributed by atoms with Gasteiger partial charge in [0.25, 0.3) is 0 Å². The summed E-state index contributed by atoms with van der Waals surface area (Å²) < 4.78 is 11.8. The van der Waals surface area contributed by atoms with Crippen molar-refractivity contribution in [1.82, 2.24) is 4.90 Å². The number of rotatable bonds is 6. The van der Waals surface area contributed by atoms with Gasteiger partial charge in [0.2, 0.25) is 0 Å². The van der Waals surface area contributed by atoms with E-state index in [0.717, 1.165) is 42.6 Å². The lowest BCUT2D eigenvalue weighted by atomic mass is 10.1. The van der Waals surface area contributed by atoms with Crippen molar-refractivity contribution in [2.75, 3.05) is 5.73 Å². The SMILES string of the molecule is CC(C)(C)OC(=O)N(Cc1cc(N)ccc1OCc1ccccc1)C1CCCC1. The molecule has 0 unspecified atom stereocenters. The molecule has 29 heavy (non-hydrogen) atoms. The van der Waals surface area contributed by atoms with Crippen molar-refractivity contribution in [3.8, 4) is 5.75 Å². The monoisotopic (exact) mass is 396 g/mol. The lowest BCUT2D eigenvalue weighted by Crippen LogP contribution is -2.41. The summed E-state index contributed by atoms with van der Waals surface area (Å²) in [6, 6.07) is 15.8. The Bertz CT molecular complexity index is 809. The molecule has 0 heterocycles. The molecule has 156 valence electrons. The van der Waals surface area contributed by atoms with E-state index in [1.54, 1.807) is 0 Å². The van der Waals surface area contributed by atoms with Crippen molar-refractivity contribution in [2.45, 2.75) is 71.2 Å². The number of carbonyl (C=O) groups is 1. The smallest absolute Gasteiger partial charge is 0.410 e. The third-order valence-corrected chi connectivity index (χ3v) is 5.06. The summed E-state index contributed by atoms with van der Waals surface area (Å²) in [4.78, 5) is 14.8. The Morgan fingerprint density at radius 1 is 1.10 bits per heavy atom. The zero-order chi connectivity index (χ0) is 20.9. The van der Waals surface area contributed by atoms with Gasteiger partial charge in [-0.15, -0.1) is 0 Å². The fourth-order valence-corrected chi connectivity index (χ4v) is 3.66. The van der Waals surface area contributed by atoms with Crippen LogP contribution in [0.2, 0.25) is 0 Å². The van der Waals surface area contributed by atoms with Gasteiger partial charge < -0.3 is 20.1 Å². The Morgan fingerprint density at radius 3 is 2.45 bits per heavy atom. The molecule has 5 heteroatoms. The minimum Gasteiger partial charge on any atom is -0.489 e. The molecule has 0 bridgehead atoms.